The smallest absolute Gasteiger partial charge is 0.312 e. The van der Waals surface area contributed by atoms with Crippen LogP contribution in [0.5, 0.6) is 5.75 Å². The van der Waals surface area contributed by atoms with Crippen LogP contribution in [-0.2, 0) is 4.79 Å². The van der Waals surface area contributed by atoms with Gasteiger partial charge in [-0.1, -0.05) is 12.1 Å². The molecule has 1 atom stereocenters. The number of nitrogens with zero attached hydrogens (tertiary/aromatic N) is 2. The molecule has 0 radical (unpaired) electrons. The summed E-state index contributed by atoms with van der Waals surface area (Å²) in [5.74, 6) is -0.416. The van der Waals surface area contributed by atoms with Gasteiger partial charge in [0.15, 0.2) is 0 Å². The maximum absolute atomic E-state index is 13.5. The molecule has 6 heteroatoms. The standard InChI is InChI=1S/C15H9FN2O2S/c16-9-3-1-2-8(6-9)10-7-13(19)20-12-5-4-11-15(14(10)12)18-21-17-11/h1-6,10H,7H2. The second-order valence-electron chi connectivity index (χ2n) is 4.90. The van der Waals surface area contributed by atoms with E-state index in [0.717, 1.165) is 33.9 Å². The van der Waals surface area contributed by atoms with Crippen molar-refractivity contribution in [2.24, 2.45) is 0 Å². The molecular weight excluding hydrogens is 291 g/mol. The van der Waals surface area contributed by atoms with Gasteiger partial charge in [-0.3, -0.25) is 4.79 Å². The number of hydrogen-bond acceptors (Lipinski definition) is 5. The Labute approximate surface area is 123 Å². The molecule has 1 unspecified atom stereocenters. The lowest BCUT2D eigenvalue weighted by Gasteiger charge is -2.24. The van der Waals surface area contributed by atoms with Crippen molar-refractivity contribution in [3.63, 3.8) is 0 Å². The zero-order valence-electron chi connectivity index (χ0n) is 10.7. The first-order valence-electron chi connectivity index (χ1n) is 6.43. The van der Waals surface area contributed by atoms with Crippen LogP contribution < -0.4 is 4.74 Å². The average Bonchev–Trinajstić information content (AvgIpc) is 2.94. The van der Waals surface area contributed by atoms with Crippen LogP contribution in [0.3, 0.4) is 0 Å². The monoisotopic (exact) mass is 300 g/mol. The average molecular weight is 300 g/mol. The number of carbonyl (C=O) groups excluding carboxylic acids is 1. The van der Waals surface area contributed by atoms with Crippen LogP contribution in [-0.4, -0.2) is 14.7 Å². The van der Waals surface area contributed by atoms with Crippen LogP contribution in [0, 0.1) is 5.82 Å². The Bertz CT molecular complexity index is 862. The van der Waals surface area contributed by atoms with Crippen molar-refractivity contribution in [2.75, 3.05) is 0 Å². The van der Waals surface area contributed by atoms with Crippen LogP contribution in [0.4, 0.5) is 4.39 Å². The zero-order chi connectivity index (χ0) is 14.4. The van der Waals surface area contributed by atoms with Gasteiger partial charge in [-0.2, -0.15) is 8.75 Å². The highest BCUT2D eigenvalue weighted by atomic mass is 32.1. The number of hydrogen-bond donors (Lipinski definition) is 0. The summed E-state index contributed by atoms with van der Waals surface area (Å²) in [4.78, 5) is 11.8. The molecule has 3 aromatic rings. The molecule has 0 fully saturated rings. The van der Waals surface area contributed by atoms with Gasteiger partial charge in [0.25, 0.3) is 0 Å². The van der Waals surface area contributed by atoms with E-state index in [1.807, 2.05) is 6.07 Å². The summed E-state index contributed by atoms with van der Waals surface area (Å²) >= 11 is 1.11. The minimum atomic E-state index is -0.323. The molecule has 4 rings (SSSR count). The van der Waals surface area contributed by atoms with E-state index < -0.39 is 0 Å². The minimum absolute atomic E-state index is 0.174. The van der Waals surface area contributed by atoms with Crippen molar-refractivity contribution in [3.8, 4) is 5.75 Å². The molecule has 0 saturated carbocycles. The highest BCUT2D eigenvalue weighted by Gasteiger charge is 2.31. The fraction of sp³-hybridized carbons (Fsp3) is 0.133. The summed E-state index contributed by atoms with van der Waals surface area (Å²) in [6.07, 6.45) is 0.174. The van der Waals surface area contributed by atoms with E-state index in [0.29, 0.717) is 5.75 Å². The van der Waals surface area contributed by atoms with E-state index in [2.05, 4.69) is 8.75 Å². The summed E-state index contributed by atoms with van der Waals surface area (Å²) in [5, 5.41) is 0. The third-order valence-corrected chi connectivity index (χ3v) is 4.16. The Morgan fingerprint density at radius 1 is 1.24 bits per heavy atom. The number of fused-ring (bicyclic) bond motifs is 3. The maximum atomic E-state index is 13.5. The SMILES string of the molecule is O=C1CC(c2cccc(F)c2)c2c(ccc3nsnc23)O1. The lowest BCUT2D eigenvalue weighted by molar-refractivity contribution is -0.135. The molecule has 1 aromatic heterocycles. The van der Waals surface area contributed by atoms with Gasteiger partial charge in [0, 0.05) is 11.5 Å². The van der Waals surface area contributed by atoms with E-state index in [9.17, 15) is 9.18 Å². The van der Waals surface area contributed by atoms with Crippen molar-refractivity contribution >= 4 is 28.7 Å². The predicted molar refractivity (Wildman–Crippen MR) is 75.9 cm³/mol. The van der Waals surface area contributed by atoms with Crippen molar-refractivity contribution in [3.05, 3.63) is 53.3 Å². The van der Waals surface area contributed by atoms with Gasteiger partial charge in [0.1, 0.15) is 22.6 Å². The molecule has 0 saturated heterocycles. The molecule has 104 valence electrons. The Balaban J connectivity index is 1.97. The molecular formula is C15H9FN2O2S. The Morgan fingerprint density at radius 2 is 2.14 bits per heavy atom. The Kier molecular flexibility index (Phi) is 2.71. The first-order chi connectivity index (χ1) is 10.2. The fourth-order valence-corrected chi connectivity index (χ4v) is 3.27. The van der Waals surface area contributed by atoms with Crippen LogP contribution in [0.2, 0.25) is 0 Å². The predicted octanol–water partition coefficient (Wildman–Crippen LogP) is 3.27. The Morgan fingerprint density at radius 3 is 3.00 bits per heavy atom. The van der Waals surface area contributed by atoms with E-state index in [1.54, 1.807) is 18.2 Å². The number of benzene rings is 2. The second kappa shape index (κ2) is 4.60. The highest BCUT2D eigenvalue weighted by molar-refractivity contribution is 7.00. The topological polar surface area (TPSA) is 52.1 Å². The molecule has 0 N–H and O–H groups in total. The molecule has 2 heterocycles. The van der Waals surface area contributed by atoms with Crippen molar-refractivity contribution in [2.45, 2.75) is 12.3 Å². The molecule has 0 amide bonds. The highest BCUT2D eigenvalue weighted by Crippen LogP contribution is 2.42. The summed E-state index contributed by atoms with van der Waals surface area (Å²) in [7, 11) is 0. The third kappa shape index (κ3) is 1.99. The zero-order valence-corrected chi connectivity index (χ0v) is 11.6. The second-order valence-corrected chi connectivity index (χ2v) is 5.42. The number of esters is 1. The lowest BCUT2D eigenvalue weighted by Crippen LogP contribution is -2.21. The molecule has 21 heavy (non-hydrogen) atoms. The van der Waals surface area contributed by atoms with Crippen LogP contribution >= 0.6 is 11.7 Å². The largest absolute Gasteiger partial charge is 0.426 e. The molecule has 1 aliphatic heterocycles. The van der Waals surface area contributed by atoms with Gasteiger partial charge in [0.05, 0.1) is 18.1 Å². The number of rotatable bonds is 1. The number of ether oxygens (including phenoxy) is 1. The minimum Gasteiger partial charge on any atom is -0.426 e. The first-order valence-corrected chi connectivity index (χ1v) is 7.17. The van der Waals surface area contributed by atoms with Gasteiger partial charge in [-0.25, -0.2) is 4.39 Å². The van der Waals surface area contributed by atoms with Gasteiger partial charge in [-0.15, -0.1) is 0 Å². The van der Waals surface area contributed by atoms with Gasteiger partial charge in [0.2, 0.25) is 0 Å². The van der Waals surface area contributed by atoms with Gasteiger partial charge < -0.3 is 4.74 Å². The molecule has 0 bridgehead atoms. The fourth-order valence-electron chi connectivity index (χ4n) is 2.72. The molecule has 1 aliphatic rings. The normalized spacial score (nSPS) is 17.6. The van der Waals surface area contributed by atoms with Crippen LogP contribution in [0.25, 0.3) is 11.0 Å². The third-order valence-electron chi connectivity index (χ3n) is 3.62. The number of halogens is 1. The van der Waals surface area contributed by atoms with Gasteiger partial charge >= 0.3 is 5.97 Å². The van der Waals surface area contributed by atoms with Crippen LogP contribution in [0.1, 0.15) is 23.5 Å². The van der Waals surface area contributed by atoms with Crippen molar-refractivity contribution in [1.82, 2.24) is 8.75 Å². The lowest BCUT2D eigenvalue weighted by atomic mass is 9.85. The molecule has 2 aromatic carbocycles. The first kappa shape index (κ1) is 12.4. The Hall–Kier alpha value is -2.34. The van der Waals surface area contributed by atoms with E-state index in [-0.39, 0.29) is 24.1 Å². The number of aromatic nitrogens is 2. The molecule has 4 nitrogen and oxygen atoms in total. The number of carbonyl (C=O) groups is 1. The van der Waals surface area contributed by atoms with Crippen molar-refractivity contribution in [1.29, 1.82) is 0 Å². The van der Waals surface area contributed by atoms with E-state index in [4.69, 9.17) is 4.74 Å². The van der Waals surface area contributed by atoms with E-state index >= 15 is 0 Å². The summed E-state index contributed by atoms with van der Waals surface area (Å²) in [6, 6.07) is 9.79. The quantitative estimate of drug-likeness (QED) is 0.511. The summed E-state index contributed by atoms with van der Waals surface area (Å²) in [5.41, 5.74) is 3.04. The summed E-state index contributed by atoms with van der Waals surface area (Å²) in [6.45, 7) is 0. The summed E-state index contributed by atoms with van der Waals surface area (Å²) < 4.78 is 27.3. The van der Waals surface area contributed by atoms with Crippen molar-refractivity contribution < 1.29 is 13.9 Å². The van der Waals surface area contributed by atoms with Crippen LogP contribution in [0.15, 0.2) is 36.4 Å². The van der Waals surface area contributed by atoms with E-state index in [1.165, 1.54) is 12.1 Å². The maximum Gasteiger partial charge on any atom is 0.312 e. The van der Waals surface area contributed by atoms with Gasteiger partial charge in [-0.05, 0) is 29.8 Å². The molecule has 0 spiro atoms. The molecule has 0 aliphatic carbocycles.